The molecular formula is C12H18N2O4. The van der Waals surface area contributed by atoms with Gasteiger partial charge in [-0.15, -0.1) is 0 Å². The molecule has 1 amide bonds. The number of carbonyl (C=O) groups excluding carboxylic acids is 1. The Morgan fingerprint density at radius 1 is 1.28 bits per heavy atom. The van der Waals surface area contributed by atoms with Crippen LogP contribution >= 0.6 is 0 Å². The maximum Gasteiger partial charge on any atom is 0.254 e. The van der Waals surface area contributed by atoms with Crippen molar-refractivity contribution in [3.8, 4) is 0 Å². The van der Waals surface area contributed by atoms with Gasteiger partial charge in [-0.1, -0.05) is 12.1 Å². The zero-order chi connectivity index (χ0) is 13.8. The summed E-state index contributed by atoms with van der Waals surface area (Å²) in [4.78, 5) is 12.1. The zero-order valence-corrected chi connectivity index (χ0v) is 10.2. The van der Waals surface area contributed by atoms with E-state index in [0.717, 1.165) is 0 Å². The number of carbonyl (C=O) groups is 1. The van der Waals surface area contributed by atoms with Gasteiger partial charge in [0, 0.05) is 5.69 Å². The average molecular weight is 254 g/mol. The van der Waals surface area contributed by atoms with Crippen LogP contribution in [0, 0.1) is 6.92 Å². The van der Waals surface area contributed by atoms with Crippen LogP contribution in [0.3, 0.4) is 0 Å². The van der Waals surface area contributed by atoms with Crippen LogP contribution in [0.5, 0.6) is 0 Å². The number of rotatable bonds is 5. The maximum atomic E-state index is 12.1. The van der Waals surface area contributed by atoms with Crippen LogP contribution < -0.4 is 11.1 Å². The molecule has 6 heteroatoms. The number of benzene rings is 1. The van der Waals surface area contributed by atoms with Crippen LogP contribution in [0.2, 0.25) is 0 Å². The number of nitrogen functional groups attached to an aromatic ring is 1. The van der Waals surface area contributed by atoms with E-state index in [9.17, 15) is 4.79 Å². The van der Waals surface area contributed by atoms with Gasteiger partial charge in [-0.3, -0.25) is 4.79 Å². The Bertz CT molecular complexity index is 402. The van der Waals surface area contributed by atoms with Crippen LogP contribution in [0.4, 0.5) is 5.69 Å². The standard InChI is InChI=1S/C12H18N2O4/c1-8-3-2-4-9(13)10(8)11(18)14-12(5-15,6-16)7-17/h2-4,15-17H,5-7,13H2,1H3,(H,14,18). The highest BCUT2D eigenvalue weighted by molar-refractivity contribution is 6.00. The second kappa shape index (κ2) is 5.81. The first-order valence-corrected chi connectivity index (χ1v) is 5.50. The van der Waals surface area contributed by atoms with Gasteiger partial charge in [-0.25, -0.2) is 0 Å². The van der Waals surface area contributed by atoms with Crippen molar-refractivity contribution in [2.45, 2.75) is 12.5 Å². The van der Waals surface area contributed by atoms with Gasteiger partial charge < -0.3 is 26.4 Å². The van der Waals surface area contributed by atoms with Gasteiger partial charge in [-0.2, -0.15) is 0 Å². The summed E-state index contributed by atoms with van der Waals surface area (Å²) in [6, 6.07) is 5.03. The van der Waals surface area contributed by atoms with Crippen molar-refractivity contribution in [3.05, 3.63) is 29.3 Å². The van der Waals surface area contributed by atoms with E-state index in [-0.39, 0.29) is 5.56 Å². The monoisotopic (exact) mass is 254 g/mol. The number of hydrogen-bond acceptors (Lipinski definition) is 5. The van der Waals surface area contributed by atoms with Crippen molar-refractivity contribution in [1.82, 2.24) is 5.32 Å². The molecule has 1 rings (SSSR count). The number of nitrogens with two attached hydrogens (primary N) is 1. The number of aliphatic hydroxyl groups excluding tert-OH is 3. The average Bonchev–Trinajstić information content (AvgIpc) is 2.36. The summed E-state index contributed by atoms with van der Waals surface area (Å²) in [6.45, 7) is 0.0103. The van der Waals surface area contributed by atoms with E-state index in [1.165, 1.54) is 0 Å². The summed E-state index contributed by atoms with van der Waals surface area (Å²) in [5, 5.41) is 29.8. The molecule has 0 saturated heterocycles. The van der Waals surface area contributed by atoms with Crippen molar-refractivity contribution in [2.75, 3.05) is 25.6 Å². The molecule has 6 nitrogen and oxygen atoms in total. The third-order valence-electron chi connectivity index (χ3n) is 2.82. The predicted molar refractivity (Wildman–Crippen MR) is 67.0 cm³/mol. The highest BCUT2D eigenvalue weighted by Gasteiger charge is 2.31. The Morgan fingerprint density at radius 2 is 1.83 bits per heavy atom. The minimum Gasteiger partial charge on any atom is -0.398 e. The molecule has 0 unspecified atom stereocenters. The van der Waals surface area contributed by atoms with Crippen molar-refractivity contribution in [2.24, 2.45) is 0 Å². The molecule has 0 spiro atoms. The van der Waals surface area contributed by atoms with Gasteiger partial charge in [0.2, 0.25) is 0 Å². The number of hydrogen-bond donors (Lipinski definition) is 5. The quantitative estimate of drug-likeness (QED) is 0.433. The second-order valence-electron chi connectivity index (χ2n) is 4.25. The lowest BCUT2D eigenvalue weighted by Gasteiger charge is -2.29. The molecule has 0 aliphatic carbocycles. The molecule has 0 fully saturated rings. The number of aryl methyl sites for hydroxylation is 1. The van der Waals surface area contributed by atoms with Crippen LogP contribution in [0.1, 0.15) is 15.9 Å². The number of anilines is 1. The van der Waals surface area contributed by atoms with Crippen LogP contribution in [0.15, 0.2) is 18.2 Å². The smallest absolute Gasteiger partial charge is 0.254 e. The lowest BCUT2D eigenvalue weighted by Crippen LogP contribution is -2.57. The molecule has 0 aliphatic rings. The van der Waals surface area contributed by atoms with E-state index >= 15 is 0 Å². The van der Waals surface area contributed by atoms with Gasteiger partial charge in [0.1, 0.15) is 5.54 Å². The first-order chi connectivity index (χ1) is 8.49. The third-order valence-corrected chi connectivity index (χ3v) is 2.82. The fourth-order valence-corrected chi connectivity index (χ4v) is 1.57. The molecule has 6 N–H and O–H groups in total. The lowest BCUT2D eigenvalue weighted by molar-refractivity contribution is 0.0375. The minimum atomic E-state index is -1.45. The molecule has 100 valence electrons. The fourth-order valence-electron chi connectivity index (χ4n) is 1.57. The van der Waals surface area contributed by atoms with Crippen LogP contribution in [-0.2, 0) is 0 Å². The third kappa shape index (κ3) is 2.79. The molecule has 1 aromatic carbocycles. The highest BCUT2D eigenvalue weighted by Crippen LogP contribution is 2.17. The first kappa shape index (κ1) is 14.4. The summed E-state index contributed by atoms with van der Waals surface area (Å²) in [7, 11) is 0. The number of nitrogens with one attached hydrogen (secondary N) is 1. The molecule has 18 heavy (non-hydrogen) atoms. The van der Waals surface area contributed by atoms with Gasteiger partial charge in [-0.05, 0) is 18.6 Å². The number of amides is 1. The predicted octanol–water partition coefficient (Wildman–Crippen LogP) is -0.977. The van der Waals surface area contributed by atoms with Gasteiger partial charge in [0.05, 0.1) is 25.4 Å². The van der Waals surface area contributed by atoms with Gasteiger partial charge >= 0.3 is 0 Å². The molecule has 0 atom stereocenters. The van der Waals surface area contributed by atoms with E-state index in [1.807, 2.05) is 0 Å². The molecule has 0 aromatic heterocycles. The maximum absolute atomic E-state index is 12.1. The van der Waals surface area contributed by atoms with Crippen molar-refractivity contribution in [3.63, 3.8) is 0 Å². The van der Waals surface area contributed by atoms with Gasteiger partial charge in [0.15, 0.2) is 0 Å². The SMILES string of the molecule is Cc1cccc(N)c1C(=O)NC(CO)(CO)CO. The normalized spacial score (nSPS) is 11.3. The van der Waals surface area contributed by atoms with E-state index < -0.39 is 31.3 Å². The first-order valence-electron chi connectivity index (χ1n) is 5.50. The van der Waals surface area contributed by atoms with Crippen LogP contribution in [-0.4, -0.2) is 46.6 Å². The molecule has 0 aliphatic heterocycles. The molecular weight excluding hydrogens is 236 g/mol. The Kier molecular flexibility index (Phi) is 4.66. The van der Waals surface area contributed by atoms with Crippen LogP contribution in [0.25, 0.3) is 0 Å². The summed E-state index contributed by atoms with van der Waals surface area (Å²) in [5.41, 5.74) is 5.52. The largest absolute Gasteiger partial charge is 0.398 e. The van der Waals surface area contributed by atoms with E-state index in [1.54, 1.807) is 25.1 Å². The molecule has 0 saturated carbocycles. The second-order valence-corrected chi connectivity index (χ2v) is 4.25. The highest BCUT2D eigenvalue weighted by atomic mass is 16.3. The molecule has 0 heterocycles. The number of aliphatic hydroxyl groups is 3. The van der Waals surface area contributed by atoms with E-state index in [2.05, 4.69) is 5.32 Å². The van der Waals surface area contributed by atoms with Gasteiger partial charge in [0.25, 0.3) is 5.91 Å². The summed E-state index contributed by atoms with van der Waals surface area (Å²) in [6.07, 6.45) is 0. The summed E-state index contributed by atoms with van der Waals surface area (Å²) < 4.78 is 0. The van der Waals surface area contributed by atoms with E-state index in [0.29, 0.717) is 11.3 Å². The lowest BCUT2D eigenvalue weighted by atomic mass is 10.0. The van der Waals surface area contributed by atoms with E-state index in [4.69, 9.17) is 21.1 Å². The molecule has 1 aromatic rings. The Morgan fingerprint density at radius 3 is 2.28 bits per heavy atom. The Labute approximate surface area is 105 Å². The van der Waals surface area contributed by atoms with Crippen molar-refractivity contribution < 1.29 is 20.1 Å². The van der Waals surface area contributed by atoms with Crippen molar-refractivity contribution >= 4 is 11.6 Å². The Hall–Kier alpha value is -1.63. The molecule has 0 bridgehead atoms. The molecule has 0 radical (unpaired) electrons. The Balaban J connectivity index is 3.02. The summed E-state index contributed by atoms with van der Waals surface area (Å²) >= 11 is 0. The topological polar surface area (TPSA) is 116 Å². The summed E-state index contributed by atoms with van der Waals surface area (Å²) in [5.74, 6) is -0.539. The van der Waals surface area contributed by atoms with Crippen molar-refractivity contribution in [1.29, 1.82) is 0 Å². The minimum absolute atomic E-state index is 0.275. The fraction of sp³-hybridized carbons (Fsp3) is 0.417. The zero-order valence-electron chi connectivity index (χ0n) is 10.2.